The summed E-state index contributed by atoms with van der Waals surface area (Å²) in [6.07, 6.45) is 1.90. The third kappa shape index (κ3) is 2.88. The average Bonchev–Trinajstić information content (AvgIpc) is 3.34. The number of hydrogen-bond acceptors (Lipinski definition) is 3. The molecule has 0 bridgehead atoms. The van der Waals surface area contributed by atoms with Crippen LogP contribution in [0.15, 0.2) is 35.1 Å². The van der Waals surface area contributed by atoms with Crippen molar-refractivity contribution in [2.45, 2.75) is 32.7 Å². The molecule has 6 heteroatoms. The van der Waals surface area contributed by atoms with Crippen molar-refractivity contribution in [2.75, 3.05) is 6.54 Å². The van der Waals surface area contributed by atoms with Crippen molar-refractivity contribution >= 4 is 5.91 Å². The second kappa shape index (κ2) is 5.95. The molecule has 0 radical (unpaired) electrons. The number of carbonyl (C=O) groups excluding carboxylic acids is 1. The zero-order chi connectivity index (χ0) is 16.6. The maximum absolute atomic E-state index is 14.0. The molecule has 5 nitrogen and oxygen atoms in total. The molecular weight excluding hydrogens is 297 g/mol. The molecule has 0 unspecified atom stereocenters. The molecule has 0 aliphatic heterocycles. The van der Waals surface area contributed by atoms with E-state index in [1.54, 1.807) is 30.0 Å². The first-order chi connectivity index (χ1) is 11.0. The molecule has 1 fully saturated rings. The van der Waals surface area contributed by atoms with Crippen molar-refractivity contribution in [3.8, 4) is 5.69 Å². The van der Waals surface area contributed by atoms with Gasteiger partial charge in [0, 0.05) is 24.3 Å². The summed E-state index contributed by atoms with van der Waals surface area (Å²) in [6.45, 7) is 4.06. The van der Waals surface area contributed by atoms with Crippen LogP contribution in [0.25, 0.3) is 5.69 Å². The van der Waals surface area contributed by atoms with Crippen molar-refractivity contribution in [1.29, 1.82) is 0 Å². The summed E-state index contributed by atoms with van der Waals surface area (Å²) in [6, 6.07) is 7.66. The minimum Gasteiger partial charge on any atom is -0.334 e. The Morgan fingerprint density at radius 2 is 2.09 bits per heavy atom. The van der Waals surface area contributed by atoms with Gasteiger partial charge in [0.2, 0.25) is 5.43 Å². The van der Waals surface area contributed by atoms with E-state index >= 15 is 0 Å². The highest BCUT2D eigenvalue weighted by molar-refractivity contribution is 5.92. The molecule has 1 aromatic carbocycles. The van der Waals surface area contributed by atoms with Crippen LogP contribution < -0.4 is 5.43 Å². The highest BCUT2D eigenvalue weighted by atomic mass is 19.1. The molecule has 0 atom stereocenters. The van der Waals surface area contributed by atoms with Crippen LogP contribution in [-0.2, 0) is 0 Å². The molecule has 120 valence electrons. The maximum atomic E-state index is 14.0. The summed E-state index contributed by atoms with van der Waals surface area (Å²) >= 11 is 0. The van der Waals surface area contributed by atoms with E-state index < -0.39 is 11.2 Å². The van der Waals surface area contributed by atoms with E-state index in [-0.39, 0.29) is 23.3 Å². The number of benzene rings is 1. The smallest absolute Gasteiger partial charge is 0.278 e. The lowest BCUT2D eigenvalue weighted by atomic mass is 10.2. The van der Waals surface area contributed by atoms with E-state index in [1.165, 1.54) is 16.8 Å². The maximum Gasteiger partial charge on any atom is 0.278 e. The van der Waals surface area contributed by atoms with Gasteiger partial charge in [0.1, 0.15) is 11.5 Å². The summed E-state index contributed by atoms with van der Waals surface area (Å²) in [5.41, 5.74) is 0.103. The summed E-state index contributed by atoms with van der Waals surface area (Å²) in [5.74, 6) is -0.843. The molecular formula is C17H18FN3O2. The Hall–Kier alpha value is -2.50. The number of hydrogen-bond donors (Lipinski definition) is 0. The van der Waals surface area contributed by atoms with Gasteiger partial charge in [-0.05, 0) is 38.8 Å². The summed E-state index contributed by atoms with van der Waals surface area (Å²) < 4.78 is 15.3. The minimum absolute atomic E-state index is 0.160. The Morgan fingerprint density at radius 1 is 1.39 bits per heavy atom. The van der Waals surface area contributed by atoms with Crippen LogP contribution in [0, 0.1) is 12.7 Å². The van der Waals surface area contributed by atoms with E-state index in [0.717, 1.165) is 12.8 Å². The van der Waals surface area contributed by atoms with Crippen molar-refractivity contribution in [3.05, 3.63) is 57.8 Å². The Balaban J connectivity index is 2.09. The van der Waals surface area contributed by atoms with Gasteiger partial charge in [0.15, 0.2) is 5.69 Å². The van der Waals surface area contributed by atoms with E-state index in [1.807, 2.05) is 6.92 Å². The second-order valence-corrected chi connectivity index (χ2v) is 5.68. The minimum atomic E-state index is -0.459. The van der Waals surface area contributed by atoms with E-state index in [9.17, 15) is 14.0 Å². The Bertz CT molecular complexity index is 812. The van der Waals surface area contributed by atoms with E-state index in [2.05, 4.69) is 5.10 Å². The first-order valence-electron chi connectivity index (χ1n) is 7.69. The molecule has 1 aliphatic rings. The molecule has 0 N–H and O–H groups in total. The van der Waals surface area contributed by atoms with Crippen LogP contribution in [-0.4, -0.2) is 33.2 Å². The predicted octanol–water partition coefficient (Wildman–Crippen LogP) is 2.30. The highest BCUT2D eigenvalue weighted by Gasteiger charge is 2.33. The zero-order valence-electron chi connectivity index (χ0n) is 13.1. The van der Waals surface area contributed by atoms with Crippen LogP contribution in [0.2, 0.25) is 0 Å². The molecule has 2 aromatic rings. The Kier molecular flexibility index (Phi) is 3.98. The summed E-state index contributed by atoms with van der Waals surface area (Å²) in [5, 5.41) is 4.15. The predicted molar refractivity (Wildman–Crippen MR) is 84.3 cm³/mol. The van der Waals surface area contributed by atoms with Crippen LogP contribution in [0.3, 0.4) is 0 Å². The lowest BCUT2D eigenvalue weighted by molar-refractivity contribution is 0.0743. The average molecular weight is 315 g/mol. The fourth-order valence-electron chi connectivity index (χ4n) is 2.65. The number of halogens is 1. The van der Waals surface area contributed by atoms with E-state index in [4.69, 9.17) is 0 Å². The number of aromatic nitrogens is 2. The van der Waals surface area contributed by atoms with Crippen molar-refractivity contribution in [1.82, 2.24) is 14.7 Å². The van der Waals surface area contributed by atoms with Crippen LogP contribution >= 0.6 is 0 Å². The normalized spacial score (nSPS) is 13.9. The van der Waals surface area contributed by atoms with Crippen molar-refractivity contribution < 1.29 is 9.18 Å². The van der Waals surface area contributed by atoms with Gasteiger partial charge in [-0.1, -0.05) is 12.1 Å². The van der Waals surface area contributed by atoms with Gasteiger partial charge in [-0.3, -0.25) is 9.59 Å². The van der Waals surface area contributed by atoms with Gasteiger partial charge in [0.05, 0.1) is 0 Å². The fourth-order valence-corrected chi connectivity index (χ4v) is 2.65. The zero-order valence-corrected chi connectivity index (χ0v) is 13.1. The molecule has 1 amide bonds. The molecule has 1 aromatic heterocycles. The third-order valence-electron chi connectivity index (χ3n) is 3.98. The largest absolute Gasteiger partial charge is 0.334 e. The van der Waals surface area contributed by atoms with E-state index in [0.29, 0.717) is 12.2 Å². The second-order valence-electron chi connectivity index (χ2n) is 5.68. The Labute approximate surface area is 133 Å². The fraction of sp³-hybridized carbons (Fsp3) is 0.353. The number of aryl methyl sites for hydroxylation is 1. The standard InChI is InChI=1S/C17H18FN3O2/c1-3-20(12-8-9-12)17(23)16-15(22)10-11(2)21(19-16)14-7-5-4-6-13(14)18/h4-7,10,12H,3,8-9H2,1-2H3. The first-order valence-corrected chi connectivity index (χ1v) is 7.69. The topological polar surface area (TPSA) is 55.2 Å². The van der Waals surface area contributed by atoms with Gasteiger partial charge in [0.25, 0.3) is 5.91 Å². The van der Waals surface area contributed by atoms with Gasteiger partial charge >= 0.3 is 0 Å². The molecule has 1 aliphatic carbocycles. The number of para-hydroxylation sites is 1. The summed E-state index contributed by atoms with van der Waals surface area (Å²) in [4.78, 5) is 26.5. The van der Waals surface area contributed by atoms with Crippen LogP contribution in [0.5, 0.6) is 0 Å². The Morgan fingerprint density at radius 3 is 2.70 bits per heavy atom. The molecule has 1 heterocycles. The number of rotatable bonds is 4. The number of amides is 1. The van der Waals surface area contributed by atoms with Crippen molar-refractivity contribution in [3.63, 3.8) is 0 Å². The van der Waals surface area contributed by atoms with Gasteiger partial charge in [-0.15, -0.1) is 0 Å². The molecule has 0 spiro atoms. The van der Waals surface area contributed by atoms with Crippen LogP contribution in [0.1, 0.15) is 35.9 Å². The quantitative estimate of drug-likeness (QED) is 0.870. The van der Waals surface area contributed by atoms with Crippen molar-refractivity contribution in [2.24, 2.45) is 0 Å². The molecule has 23 heavy (non-hydrogen) atoms. The summed E-state index contributed by atoms with van der Waals surface area (Å²) in [7, 11) is 0. The lowest BCUT2D eigenvalue weighted by Gasteiger charge is -2.20. The van der Waals surface area contributed by atoms with Gasteiger partial charge in [-0.2, -0.15) is 5.10 Å². The van der Waals surface area contributed by atoms with Gasteiger partial charge in [-0.25, -0.2) is 9.07 Å². The lowest BCUT2D eigenvalue weighted by Crippen LogP contribution is -2.37. The van der Waals surface area contributed by atoms with Crippen LogP contribution in [0.4, 0.5) is 4.39 Å². The molecule has 0 saturated heterocycles. The number of nitrogens with zero attached hydrogens (tertiary/aromatic N) is 3. The SMILES string of the molecule is CCN(C(=O)c1nn(-c2ccccc2F)c(C)cc1=O)C1CC1. The molecule has 3 rings (SSSR count). The molecule has 1 saturated carbocycles. The third-order valence-corrected chi connectivity index (χ3v) is 3.98. The van der Waals surface area contributed by atoms with Gasteiger partial charge < -0.3 is 4.90 Å². The highest BCUT2D eigenvalue weighted by Crippen LogP contribution is 2.27. The monoisotopic (exact) mass is 315 g/mol. The first kappa shape index (κ1) is 15.4. The number of carbonyl (C=O) groups is 1.